The van der Waals surface area contributed by atoms with E-state index in [0.717, 1.165) is 40.7 Å². The van der Waals surface area contributed by atoms with E-state index < -0.39 is 5.91 Å². The third-order valence-corrected chi connectivity index (χ3v) is 6.00. The fraction of sp³-hybridized carbons (Fsp3) is 0.160. The predicted octanol–water partition coefficient (Wildman–Crippen LogP) is 5.20. The van der Waals surface area contributed by atoms with Crippen molar-refractivity contribution in [3.05, 3.63) is 83.9 Å². The molecule has 0 spiro atoms. The van der Waals surface area contributed by atoms with Crippen LogP contribution in [0.15, 0.2) is 77.2 Å². The smallest absolute Gasteiger partial charge is 0.248 e. The molecule has 4 aromatic rings. The Kier molecular flexibility index (Phi) is 4.03. The van der Waals surface area contributed by atoms with E-state index >= 15 is 0 Å². The van der Waals surface area contributed by atoms with E-state index in [1.54, 1.807) is 12.1 Å². The van der Waals surface area contributed by atoms with Gasteiger partial charge in [-0.1, -0.05) is 54.6 Å². The molecule has 0 atom stereocenters. The highest BCUT2D eigenvalue weighted by Gasteiger charge is 2.34. The second-order valence-electron chi connectivity index (χ2n) is 7.83. The lowest BCUT2D eigenvalue weighted by Gasteiger charge is -2.38. The van der Waals surface area contributed by atoms with Gasteiger partial charge in [-0.05, 0) is 48.6 Å². The largest absolute Gasteiger partial charge is 0.455 e. The number of hydrogen-bond donors (Lipinski definition) is 2. The molecule has 4 N–H and O–H groups in total. The van der Waals surface area contributed by atoms with Gasteiger partial charge in [0.05, 0.1) is 0 Å². The number of carbonyl (C=O) groups excluding carboxylic acids is 1. The van der Waals surface area contributed by atoms with Gasteiger partial charge >= 0.3 is 0 Å². The molecule has 29 heavy (non-hydrogen) atoms. The van der Waals surface area contributed by atoms with Crippen molar-refractivity contribution in [3.8, 4) is 22.5 Å². The molecule has 0 aliphatic heterocycles. The highest BCUT2D eigenvalue weighted by atomic mass is 16.3. The van der Waals surface area contributed by atoms with Gasteiger partial charge in [-0.2, -0.15) is 0 Å². The maximum Gasteiger partial charge on any atom is 0.248 e. The molecule has 0 radical (unpaired) electrons. The molecule has 3 aromatic carbocycles. The van der Waals surface area contributed by atoms with Gasteiger partial charge in [0, 0.05) is 27.6 Å². The minimum Gasteiger partial charge on any atom is -0.455 e. The molecular weight excluding hydrogens is 360 g/mol. The van der Waals surface area contributed by atoms with Crippen molar-refractivity contribution in [2.24, 2.45) is 11.5 Å². The van der Waals surface area contributed by atoms with Crippen LogP contribution in [0.3, 0.4) is 0 Å². The minimum absolute atomic E-state index is 0.189. The number of primary amides is 1. The highest BCUT2D eigenvalue weighted by molar-refractivity contribution is 6.04. The van der Waals surface area contributed by atoms with Crippen LogP contribution in [0.25, 0.3) is 33.4 Å². The molecule has 1 aliphatic carbocycles. The lowest BCUT2D eigenvalue weighted by atomic mass is 9.72. The van der Waals surface area contributed by atoms with E-state index in [4.69, 9.17) is 15.9 Å². The first-order valence-corrected chi connectivity index (χ1v) is 9.87. The van der Waals surface area contributed by atoms with Gasteiger partial charge in [0.25, 0.3) is 0 Å². The van der Waals surface area contributed by atoms with Crippen LogP contribution in [-0.2, 0) is 5.54 Å². The van der Waals surface area contributed by atoms with Gasteiger partial charge in [0.1, 0.15) is 11.3 Å². The Morgan fingerprint density at radius 2 is 1.62 bits per heavy atom. The van der Waals surface area contributed by atoms with Gasteiger partial charge < -0.3 is 15.9 Å². The van der Waals surface area contributed by atoms with Crippen molar-refractivity contribution >= 4 is 16.9 Å². The minimum atomic E-state index is -0.468. The number of furan rings is 1. The molecule has 144 valence electrons. The fourth-order valence-electron chi connectivity index (χ4n) is 4.14. The van der Waals surface area contributed by atoms with Crippen molar-refractivity contribution in [3.63, 3.8) is 0 Å². The third-order valence-electron chi connectivity index (χ3n) is 6.00. The van der Waals surface area contributed by atoms with Gasteiger partial charge in [-0.15, -0.1) is 0 Å². The van der Waals surface area contributed by atoms with Gasteiger partial charge in [0.15, 0.2) is 0 Å². The SMILES string of the molecule is NC(=O)c1ccc2c(-c3ccccc3)c(-c3ccc(C4(N)CCC4)cc3)oc2c1. The number of nitrogens with two attached hydrogens (primary N) is 2. The average Bonchev–Trinajstić information content (AvgIpc) is 3.11. The Balaban J connectivity index is 1.68. The summed E-state index contributed by atoms with van der Waals surface area (Å²) in [6.45, 7) is 0. The molecule has 4 nitrogen and oxygen atoms in total. The third kappa shape index (κ3) is 2.93. The summed E-state index contributed by atoms with van der Waals surface area (Å²) in [6.07, 6.45) is 3.24. The van der Waals surface area contributed by atoms with Crippen LogP contribution in [0.2, 0.25) is 0 Å². The Morgan fingerprint density at radius 3 is 2.24 bits per heavy atom. The summed E-state index contributed by atoms with van der Waals surface area (Å²) in [7, 11) is 0. The molecule has 0 saturated heterocycles. The van der Waals surface area contributed by atoms with Gasteiger partial charge in [-0.3, -0.25) is 4.79 Å². The first-order valence-electron chi connectivity index (χ1n) is 9.87. The molecule has 1 heterocycles. The summed E-state index contributed by atoms with van der Waals surface area (Å²) < 4.78 is 6.26. The number of amides is 1. The van der Waals surface area contributed by atoms with E-state index in [0.29, 0.717) is 11.1 Å². The van der Waals surface area contributed by atoms with Crippen molar-refractivity contribution in [2.45, 2.75) is 24.8 Å². The Morgan fingerprint density at radius 1 is 0.897 bits per heavy atom. The van der Waals surface area contributed by atoms with E-state index in [9.17, 15) is 4.79 Å². The van der Waals surface area contributed by atoms with E-state index in [2.05, 4.69) is 36.4 Å². The van der Waals surface area contributed by atoms with E-state index in [-0.39, 0.29) is 5.54 Å². The number of rotatable bonds is 4. The quantitative estimate of drug-likeness (QED) is 0.509. The Labute approximate surface area is 169 Å². The van der Waals surface area contributed by atoms with Crippen molar-refractivity contribution in [1.29, 1.82) is 0 Å². The summed E-state index contributed by atoms with van der Waals surface area (Å²) in [5.41, 5.74) is 17.0. The van der Waals surface area contributed by atoms with Crippen LogP contribution in [0.1, 0.15) is 35.2 Å². The zero-order valence-electron chi connectivity index (χ0n) is 16.0. The normalized spacial score (nSPS) is 15.2. The molecule has 0 unspecified atom stereocenters. The van der Waals surface area contributed by atoms with Crippen LogP contribution in [0.4, 0.5) is 0 Å². The summed E-state index contributed by atoms with van der Waals surface area (Å²) >= 11 is 0. The zero-order valence-corrected chi connectivity index (χ0v) is 16.0. The van der Waals surface area contributed by atoms with Crippen LogP contribution in [0, 0.1) is 0 Å². The molecule has 5 rings (SSSR count). The number of fused-ring (bicyclic) bond motifs is 1. The van der Waals surface area contributed by atoms with Crippen molar-refractivity contribution < 1.29 is 9.21 Å². The average molecular weight is 382 g/mol. The monoisotopic (exact) mass is 382 g/mol. The molecular formula is C25H22N2O2. The standard InChI is InChI=1S/C25H22N2O2/c26-24(28)18-9-12-20-21(15-18)29-23(22(20)16-5-2-1-3-6-16)17-7-10-19(11-8-17)25(27)13-4-14-25/h1-3,5-12,15H,4,13-14,27H2,(H2,26,28). The summed E-state index contributed by atoms with van der Waals surface area (Å²) in [6, 6.07) is 23.8. The molecule has 0 bridgehead atoms. The molecule has 1 aromatic heterocycles. The molecule has 1 saturated carbocycles. The summed E-state index contributed by atoms with van der Waals surface area (Å²) in [5, 5.41) is 0.953. The van der Waals surface area contributed by atoms with Crippen LogP contribution >= 0.6 is 0 Å². The van der Waals surface area contributed by atoms with Gasteiger partial charge in [0.2, 0.25) is 5.91 Å². The summed E-state index contributed by atoms with van der Waals surface area (Å²) in [5.74, 6) is 0.309. The first-order chi connectivity index (χ1) is 14.0. The second kappa shape index (κ2) is 6.61. The number of benzene rings is 3. The highest BCUT2D eigenvalue weighted by Crippen LogP contribution is 2.43. The van der Waals surface area contributed by atoms with Crippen LogP contribution in [0.5, 0.6) is 0 Å². The van der Waals surface area contributed by atoms with E-state index in [1.807, 2.05) is 24.3 Å². The van der Waals surface area contributed by atoms with Crippen molar-refractivity contribution in [1.82, 2.24) is 0 Å². The first kappa shape index (κ1) is 17.7. The number of hydrogen-bond acceptors (Lipinski definition) is 3. The van der Waals surface area contributed by atoms with Crippen molar-refractivity contribution in [2.75, 3.05) is 0 Å². The Bertz CT molecular complexity index is 1200. The maximum atomic E-state index is 11.6. The fourth-order valence-corrected chi connectivity index (χ4v) is 4.14. The molecule has 1 fully saturated rings. The Hall–Kier alpha value is -3.37. The summed E-state index contributed by atoms with van der Waals surface area (Å²) in [4.78, 5) is 11.6. The predicted molar refractivity (Wildman–Crippen MR) is 115 cm³/mol. The van der Waals surface area contributed by atoms with Crippen LogP contribution in [-0.4, -0.2) is 5.91 Å². The molecule has 1 amide bonds. The van der Waals surface area contributed by atoms with E-state index in [1.165, 1.54) is 12.0 Å². The van der Waals surface area contributed by atoms with Crippen LogP contribution < -0.4 is 11.5 Å². The molecule has 4 heteroatoms. The maximum absolute atomic E-state index is 11.6. The van der Waals surface area contributed by atoms with Gasteiger partial charge in [-0.25, -0.2) is 0 Å². The zero-order chi connectivity index (χ0) is 20.0. The second-order valence-corrected chi connectivity index (χ2v) is 7.83. The topological polar surface area (TPSA) is 82.2 Å². The molecule has 1 aliphatic rings. The lowest BCUT2D eigenvalue weighted by Crippen LogP contribution is -2.43. The number of carbonyl (C=O) groups is 1. The lowest BCUT2D eigenvalue weighted by molar-refractivity contribution is 0.100.